The highest BCUT2D eigenvalue weighted by Crippen LogP contribution is 2.33. The Balaban J connectivity index is 2.15. The molecule has 0 amide bonds. The minimum absolute atomic E-state index is 0.473. The van der Waals surface area contributed by atoms with E-state index in [9.17, 15) is 5.11 Å². The van der Waals surface area contributed by atoms with Gasteiger partial charge in [-0.15, -0.1) is 0 Å². The highest BCUT2D eigenvalue weighted by molar-refractivity contribution is 5.45. The third-order valence-corrected chi connectivity index (χ3v) is 3.85. The van der Waals surface area contributed by atoms with Gasteiger partial charge in [0.25, 0.3) is 0 Å². The SMILES string of the molecule is Cc1ccc2c(c1)CCc1cc(C)ccc1C2O. The Morgan fingerprint density at radius 1 is 0.833 bits per heavy atom. The van der Waals surface area contributed by atoms with E-state index in [0.29, 0.717) is 0 Å². The Hall–Kier alpha value is -1.60. The van der Waals surface area contributed by atoms with Gasteiger partial charge >= 0.3 is 0 Å². The van der Waals surface area contributed by atoms with E-state index in [0.717, 1.165) is 24.0 Å². The van der Waals surface area contributed by atoms with Crippen LogP contribution in [0.3, 0.4) is 0 Å². The van der Waals surface area contributed by atoms with Crippen molar-refractivity contribution in [3.8, 4) is 0 Å². The van der Waals surface area contributed by atoms with E-state index in [2.05, 4.69) is 50.2 Å². The van der Waals surface area contributed by atoms with Crippen LogP contribution >= 0.6 is 0 Å². The van der Waals surface area contributed by atoms with Gasteiger partial charge in [-0.1, -0.05) is 47.5 Å². The fourth-order valence-electron chi connectivity index (χ4n) is 2.87. The van der Waals surface area contributed by atoms with Crippen molar-refractivity contribution < 1.29 is 5.11 Å². The first-order valence-corrected chi connectivity index (χ1v) is 6.52. The molecule has 1 aliphatic rings. The number of benzene rings is 2. The van der Waals surface area contributed by atoms with E-state index >= 15 is 0 Å². The van der Waals surface area contributed by atoms with Gasteiger partial charge in [-0.05, 0) is 48.9 Å². The summed E-state index contributed by atoms with van der Waals surface area (Å²) in [5.41, 5.74) is 7.25. The minimum atomic E-state index is -0.473. The highest BCUT2D eigenvalue weighted by Gasteiger charge is 2.21. The van der Waals surface area contributed by atoms with Gasteiger partial charge in [0.05, 0.1) is 0 Å². The lowest BCUT2D eigenvalue weighted by Crippen LogP contribution is -2.02. The maximum absolute atomic E-state index is 10.6. The predicted molar refractivity (Wildman–Crippen MR) is 73.8 cm³/mol. The van der Waals surface area contributed by atoms with Crippen molar-refractivity contribution in [3.05, 3.63) is 69.8 Å². The van der Waals surface area contributed by atoms with E-state index in [1.54, 1.807) is 0 Å². The smallest absolute Gasteiger partial charge is 0.105 e. The van der Waals surface area contributed by atoms with Crippen molar-refractivity contribution in [3.63, 3.8) is 0 Å². The Morgan fingerprint density at radius 3 is 1.72 bits per heavy atom. The van der Waals surface area contributed by atoms with Gasteiger partial charge in [-0.2, -0.15) is 0 Å². The van der Waals surface area contributed by atoms with Crippen LogP contribution in [0.25, 0.3) is 0 Å². The van der Waals surface area contributed by atoms with Gasteiger partial charge in [0.2, 0.25) is 0 Å². The molecule has 0 aromatic heterocycles. The maximum Gasteiger partial charge on any atom is 0.105 e. The summed E-state index contributed by atoms with van der Waals surface area (Å²) in [7, 11) is 0. The molecule has 3 rings (SSSR count). The molecule has 1 aliphatic carbocycles. The van der Waals surface area contributed by atoms with Gasteiger partial charge in [0.1, 0.15) is 6.10 Å². The Bertz CT molecular complexity index is 545. The maximum atomic E-state index is 10.6. The molecule has 18 heavy (non-hydrogen) atoms. The van der Waals surface area contributed by atoms with Crippen LogP contribution in [-0.2, 0) is 12.8 Å². The molecule has 0 radical (unpaired) electrons. The van der Waals surface area contributed by atoms with Gasteiger partial charge in [-0.25, -0.2) is 0 Å². The molecule has 1 N–H and O–H groups in total. The topological polar surface area (TPSA) is 20.2 Å². The van der Waals surface area contributed by atoms with E-state index in [-0.39, 0.29) is 0 Å². The average molecular weight is 238 g/mol. The van der Waals surface area contributed by atoms with Crippen molar-refractivity contribution in [1.29, 1.82) is 0 Å². The van der Waals surface area contributed by atoms with E-state index in [1.807, 2.05) is 0 Å². The van der Waals surface area contributed by atoms with Crippen molar-refractivity contribution in [2.45, 2.75) is 32.8 Å². The molecule has 0 unspecified atom stereocenters. The van der Waals surface area contributed by atoms with Crippen LogP contribution in [0.1, 0.15) is 39.5 Å². The molecule has 0 heterocycles. The first-order chi connectivity index (χ1) is 8.65. The second-order valence-corrected chi connectivity index (χ2v) is 5.31. The summed E-state index contributed by atoms with van der Waals surface area (Å²) in [6.07, 6.45) is 1.56. The van der Waals surface area contributed by atoms with Gasteiger partial charge in [-0.3, -0.25) is 0 Å². The Labute approximate surface area is 108 Å². The first-order valence-electron chi connectivity index (χ1n) is 6.52. The zero-order chi connectivity index (χ0) is 12.7. The molecule has 0 atom stereocenters. The second kappa shape index (κ2) is 4.25. The summed E-state index contributed by atoms with van der Waals surface area (Å²) in [5, 5.41) is 10.6. The molecule has 92 valence electrons. The first kappa shape index (κ1) is 11.5. The molecule has 0 bridgehead atoms. The number of hydrogen-bond acceptors (Lipinski definition) is 1. The summed E-state index contributed by atoms with van der Waals surface area (Å²) >= 11 is 0. The lowest BCUT2D eigenvalue weighted by Gasteiger charge is -2.15. The molecule has 1 heteroatoms. The molecule has 0 saturated heterocycles. The van der Waals surface area contributed by atoms with Crippen LogP contribution in [0.15, 0.2) is 36.4 Å². The average Bonchev–Trinajstić information content (AvgIpc) is 2.47. The normalized spacial score (nSPS) is 14.8. The van der Waals surface area contributed by atoms with E-state index in [1.165, 1.54) is 22.3 Å². The van der Waals surface area contributed by atoms with Crippen molar-refractivity contribution >= 4 is 0 Å². The summed E-state index contributed by atoms with van der Waals surface area (Å²) in [4.78, 5) is 0. The minimum Gasteiger partial charge on any atom is -0.384 e. The van der Waals surface area contributed by atoms with Crippen LogP contribution < -0.4 is 0 Å². The fourth-order valence-corrected chi connectivity index (χ4v) is 2.87. The Kier molecular flexibility index (Phi) is 2.71. The zero-order valence-electron chi connectivity index (χ0n) is 10.9. The fraction of sp³-hybridized carbons (Fsp3) is 0.294. The number of aryl methyl sites for hydroxylation is 4. The number of fused-ring (bicyclic) bond motifs is 2. The van der Waals surface area contributed by atoms with Crippen molar-refractivity contribution in [1.82, 2.24) is 0 Å². The quantitative estimate of drug-likeness (QED) is 0.745. The van der Waals surface area contributed by atoms with Gasteiger partial charge in [0, 0.05) is 0 Å². The lowest BCUT2D eigenvalue weighted by atomic mass is 9.95. The third-order valence-electron chi connectivity index (χ3n) is 3.85. The monoisotopic (exact) mass is 238 g/mol. The molecule has 0 aliphatic heterocycles. The van der Waals surface area contributed by atoms with Gasteiger partial charge < -0.3 is 5.11 Å². The molecule has 1 nitrogen and oxygen atoms in total. The summed E-state index contributed by atoms with van der Waals surface area (Å²) in [6.45, 7) is 4.21. The van der Waals surface area contributed by atoms with Crippen LogP contribution in [0.5, 0.6) is 0 Å². The molecule has 0 spiro atoms. The molecule has 0 fully saturated rings. The van der Waals surface area contributed by atoms with Crippen LogP contribution in [0.2, 0.25) is 0 Å². The number of aliphatic hydroxyl groups is 1. The summed E-state index contributed by atoms with van der Waals surface area (Å²) < 4.78 is 0. The molecule has 0 saturated carbocycles. The third kappa shape index (κ3) is 1.85. The largest absolute Gasteiger partial charge is 0.384 e. The van der Waals surface area contributed by atoms with Crippen molar-refractivity contribution in [2.75, 3.05) is 0 Å². The molecular formula is C17H18O. The van der Waals surface area contributed by atoms with E-state index < -0.39 is 6.10 Å². The molecular weight excluding hydrogens is 220 g/mol. The number of aliphatic hydroxyl groups excluding tert-OH is 1. The second-order valence-electron chi connectivity index (χ2n) is 5.31. The van der Waals surface area contributed by atoms with E-state index in [4.69, 9.17) is 0 Å². The summed E-state index contributed by atoms with van der Waals surface area (Å²) in [5.74, 6) is 0. The van der Waals surface area contributed by atoms with Crippen LogP contribution in [0.4, 0.5) is 0 Å². The van der Waals surface area contributed by atoms with Crippen molar-refractivity contribution in [2.24, 2.45) is 0 Å². The predicted octanol–water partition coefficient (Wildman–Crippen LogP) is 3.48. The number of hydrogen-bond donors (Lipinski definition) is 1. The highest BCUT2D eigenvalue weighted by atomic mass is 16.3. The molecule has 2 aromatic carbocycles. The summed E-state index contributed by atoms with van der Waals surface area (Å²) in [6, 6.07) is 12.7. The zero-order valence-corrected chi connectivity index (χ0v) is 10.9. The lowest BCUT2D eigenvalue weighted by molar-refractivity contribution is 0.219. The Morgan fingerprint density at radius 2 is 1.28 bits per heavy atom. The van der Waals surface area contributed by atoms with Crippen LogP contribution in [-0.4, -0.2) is 5.11 Å². The number of rotatable bonds is 0. The molecule has 2 aromatic rings. The standard InChI is InChI=1S/C17H18O/c1-11-3-7-15-13(9-11)5-6-14-10-12(2)4-8-16(14)17(15)18/h3-4,7-10,17-18H,5-6H2,1-2H3. The van der Waals surface area contributed by atoms with Gasteiger partial charge in [0.15, 0.2) is 0 Å². The van der Waals surface area contributed by atoms with Crippen LogP contribution in [0, 0.1) is 13.8 Å².